The number of hydrogen-bond acceptors (Lipinski definition) is 4. The molecule has 48 valence electrons. The first-order chi connectivity index (χ1) is 3.06. The van der Waals surface area contributed by atoms with E-state index >= 15 is 0 Å². The summed E-state index contributed by atoms with van der Waals surface area (Å²) in [5, 5.41) is 31.4. The number of nitrogens with zero attached hydrogens (tertiary/aromatic N) is 1. The van der Waals surface area contributed by atoms with Crippen molar-refractivity contribution in [2.75, 3.05) is 0 Å². The van der Waals surface area contributed by atoms with Crippen LogP contribution >= 0.6 is 0 Å². The number of rotatable bonds is 1. The minimum absolute atomic E-state index is 0. The Bertz CT molecular complexity index is 96.2. The molecular weight excluding hydrogens is 232 g/mol. The summed E-state index contributed by atoms with van der Waals surface area (Å²) in [5.41, 5.74) is 0. The smallest absolute Gasteiger partial charge is 1.00 e. The summed E-state index contributed by atoms with van der Waals surface area (Å²) in [5.74, 6) is -2.81. The van der Waals surface area contributed by atoms with E-state index < -0.39 is 12.4 Å². The standard InChI is InChI=1S/C3H5NO3.HI.Li/c4-2-1-3(5,6)7;;/h5-7H,1H2;1H;/q;;+1/p-1. The molecule has 0 unspecified atom stereocenters. The van der Waals surface area contributed by atoms with Gasteiger partial charge in [0.25, 0.3) is 5.97 Å². The van der Waals surface area contributed by atoms with E-state index in [1.54, 1.807) is 0 Å². The van der Waals surface area contributed by atoms with E-state index in [2.05, 4.69) is 0 Å². The number of aliphatic hydroxyl groups is 3. The molecule has 0 aliphatic carbocycles. The van der Waals surface area contributed by atoms with E-state index in [0.29, 0.717) is 0 Å². The van der Waals surface area contributed by atoms with Gasteiger partial charge in [0.2, 0.25) is 0 Å². The Balaban J connectivity index is -0.000000180. The van der Waals surface area contributed by atoms with Gasteiger partial charge in [-0.1, -0.05) is 0 Å². The minimum atomic E-state index is -2.81. The predicted molar refractivity (Wildman–Crippen MR) is 19.6 cm³/mol. The Kier molecular flexibility index (Phi) is 12.4. The van der Waals surface area contributed by atoms with E-state index in [1.807, 2.05) is 0 Å². The molecule has 0 radical (unpaired) electrons. The fourth-order valence-corrected chi connectivity index (χ4v) is 0.106. The second kappa shape index (κ2) is 6.81. The molecular formula is C3H5ILiNO3. The SMILES string of the molecule is N#CCC(O)(O)O.[I-].[Li+]. The van der Waals surface area contributed by atoms with Crippen molar-refractivity contribution in [2.24, 2.45) is 0 Å². The quantitative estimate of drug-likeness (QED) is 0.240. The monoisotopic (exact) mass is 237 g/mol. The molecule has 0 heterocycles. The molecule has 9 heavy (non-hydrogen) atoms. The molecule has 3 N–H and O–H groups in total. The van der Waals surface area contributed by atoms with Gasteiger partial charge in [0.1, 0.15) is 6.42 Å². The Morgan fingerprint density at radius 3 is 1.67 bits per heavy atom. The number of halogens is 1. The molecule has 0 saturated carbocycles. The van der Waals surface area contributed by atoms with Crippen LogP contribution in [0.5, 0.6) is 0 Å². The van der Waals surface area contributed by atoms with Gasteiger partial charge >= 0.3 is 18.9 Å². The fraction of sp³-hybridized carbons (Fsp3) is 0.667. The molecule has 0 atom stereocenters. The zero-order valence-electron chi connectivity index (χ0n) is 4.87. The Morgan fingerprint density at radius 1 is 1.33 bits per heavy atom. The van der Waals surface area contributed by atoms with Crippen LogP contribution in [0.1, 0.15) is 6.42 Å². The van der Waals surface area contributed by atoms with Gasteiger partial charge in [0, 0.05) is 0 Å². The molecule has 0 aromatic heterocycles. The third-order valence-corrected chi connectivity index (χ3v) is 0.316. The van der Waals surface area contributed by atoms with Crippen LogP contribution in [0.4, 0.5) is 0 Å². The minimum Gasteiger partial charge on any atom is -1.00 e. The first-order valence-electron chi connectivity index (χ1n) is 1.60. The molecule has 0 spiro atoms. The summed E-state index contributed by atoms with van der Waals surface area (Å²) in [7, 11) is 0. The summed E-state index contributed by atoms with van der Waals surface area (Å²) in [4.78, 5) is 0. The summed E-state index contributed by atoms with van der Waals surface area (Å²) in [6, 6.07) is 1.36. The van der Waals surface area contributed by atoms with Crippen molar-refractivity contribution in [3.8, 4) is 6.07 Å². The second-order valence-corrected chi connectivity index (χ2v) is 1.11. The van der Waals surface area contributed by atoms with Crippen LogP contribution in [0.15, 0.2) is 0 Å². The van der Waals surface area contributed by atoms with Crippen LogP contribution in [0.2, 0.25) is 0 Å². The van der Waals surface area contributed by atoms with E-state index in [4.69, 9.17) is 20.6 Å². The van der Waals surface area contributed by atoms with Gasteiger partial charge in [-0.15, -0.1) is 0 Å². The summed E-state index contributed by atoms with van der Waals surface area (Å²) < 4.78 is 0. The normalized spacial score (nSPS) is 8.22. The average Bonchev–Trinajstić information content (AvgIpc) is 1.30. The van der Waals surface area contributed by atoms with Gasteiger partial charge in [0.15, 0.2) is 0 Å². The van der Waals surface area contributed by atoms with Crippen molar-refractivity contribution >= 4 is 0 Å². The third-order valence-electron chi connectivity index (χ3n) is 0.316. The van der Waals surface area contributed by atoms with Crippen LogP contribution in [-0.2, 0) is 0 Å². The summed E-state index contributed by atoms with van der Waals surface area (Å²) in [6.07, 6.45) is -0.688. The van der Waals surface area contributed by atoms with Gasteiger partial charge in [-0.2, -0.15) is 5.26 Å². The van der Waals surface area contributed by atoms with Crippen molar-refractivity contribution in [2.45, 2.75) is 12.4 Å². The molecule has 0 aliphatic heterocycles. The zero-order valence-corrected chi connectivity index (χ0v) is 7.03. The fourth-order valence-electron chi connectivity index (χ4n) is 0.106. The zero-order chi connectivity index (χ0) is 5.91. The van der Waals surface area contributed by atoms with Gasteiger partial charge in [-0.05, 0) is 0 Å². The molecule has 0 fully saturated rings. The molecule has 6 heteroatoms. The van der Waals surface area contributed by atoms with E-state index in [-0.39, 0.29) is 42.8 Å². The van der Waals surface area contributed by atoms with Crippen LogP contribution in [0.3, 0.4) is 0 Å². The first kappa shape index (κ1) is 16.4. The molecule has 0 saturated heterocycles. The van der Waals surface area contributed by atoms with E-state index in [1.165, 1.54) is 6.07 Å². The van der Waals surface area contributed by atoms with Gasteiger partial charge < -0.3 is 39.3 Å². The molecule has 0 bridgehead atoms. The Hall–Kier alpha value is 0.697. The van der Waals surface area contributed by atoms with E-state index in [9.17, 15) is 0 Å². The Labute approximate surface area is 81.7 Å². The molecule has 0 aliphatic rings. The number of nitriles is 1. The molecule has 0 amide bonds. The van der Waals surface area contributed by atoms with E-state index in [0.717, 1.165) is 0 Å². The number of hydrogen-bond donors (Lipinski definition) is 3. The third kappa shape index (κ3) is 17.7. The molecule has 0 aromatic rings. The second-order valence-electron chi connectivity index (χ2n) is 1.11. The average molecular weight is 237 g/mol. The van der Waals surface area contributed by atoms with Crippen molar-refractivity contribution in [1.29, 1.82) is 5.26 Å². The van der Waals surface area contributed by atoms with Crippen LogP contribution in [-0.4, -0.2) is 21.3 Å². The van der Waals surface area contributed by atoms with Gasteiger partial charge in [0.05, 0.1) is 6.07 Å². The largest absolute Gasteiger partial charge is 1.00 e. The van der Waals surface area contributed by atoms with Crippen LogP contribution in [0, 0.1) is 11.3 Å². The van der Waals surface area contributed by atoms with Crippen molar-refractivity contribution in [3.05, 3.63) is 0 Å². The van der Waals surface area contributed by atoms with Crippen molar-refractivity contribution in [3.63, 3.8) is 0 Å². The topological polar surface area (TPSA) is 84.5 Å². The van der Waals surface area contributed by atoms with Crippen LogP contribution < -0.4 is 42.8 Å². The maximum absolute atomic E-state index is 7.91. The summed E-state index contributed by atoms with van der Waals surface area (Å²) >= 11 is 0. The van der Waals surface area contributed by atoms with Crippen molar-refractivity contribution < 1.29 is 58.2 Å². The maximum Gasteiger partial charge on any atom is 1.00 e. The maximum atomic E-state index is 7.91. The Morgan fingerprint density at radius 2 is 1.67 bits per heavy atom. The molecule has 0 rings (SSSR count). The van der Waals surface area contributed by atoms with Crippen molar-refractivity contribution in [1.82, 2.24) is 0 Å². The molecule has 4 nitrogen and oxygen atoms in total. The van der Waals surface area contributed by atoms with Crippen LogP contribution in [0.25, 0.3) is 0 Å². The molecule has 0 aromatic carbocycles. The van der Waals surface area contributed by atoms with Gasteiger partial charge in [-0.3, -0.25) is 0 Å². The first-order valence-corrected chi connectivity index (χ1v) is 1.60. The summed E-state index contributed by atoms with van der Waals surface area (Å²) in [6.45, 7) is 0. The van der Waals surface area contributed by atoms with Gasteiger partial charge in [-0.25, -0.2) is 0 Å². The predicted octanol–water partition coefficient (Wildman–Crippen LogP) is -7.46.